The van der Waals surface area contributed by atoms with Gasteiger partial charge in [-0.2, -0.15) is 0 Å². The minimum atomic E-state index is -0.288. The number of aliphatic hydroxyl groups excluding tert-OH is 1. The first-order valence-electron chi connectivity index (χ1n) is 22.7. The zero-order valence-electron chi connectivity index (χ0n) is 35.4. The van der Waals surface area contributed by atoms with Gasteiger partial charge in [0.1, 0.15) is 0 Å². The highest BCUT2D eigenvalue weighted by atomic mass is 16.5. The molecule has 0 heterocycles. The van der Waals surface area contributed by atoms with Crippen molar-refractivity contribution in [2.45, 2.75) is 222 Å². The van der Waals surface area contributed by atoms with Gasteiger partial charge >= 0.3 is 5.97 Å². The lowest BCUT2D eigenvalue weighted by Gasteiger charge is -2.70. The molecule has 0 radical (unpaired) electrons. The largest absolute Gasteiger partial charge is 0.465 e. The fourth-order valence-corrected chi connectivity index (χ4v) is 13.3. The average Bonchev–Trinajstić information content (AvgIpc) is 3.09. The first-order chi connectivity index (χ1) is 24.6. The molecule has 0 spiro atoms. The summed E-state index contributed by atoms with van der Waals surface area (Å²) >= 11 is 0. The Kier molecular flexibility index (Phi) is 13.7. The van der Waals surface area contributed by atoms with E-state index in [-0.39, 0.29) is 50.5 Å². The Balaban J connectivity index is 1.09. The highest BCUT2D eigenvalue weighted by molar-refractivity contribution is 5.95. The van der Waals surface area contributed by atoms with Gasteiger partial charge in [-0.05, 0) is 109 Å². The molecular formula is C48H82O4. The van der Waals surface area contributed by atoms with Crippen LogP contribution in [0.1, 0.15) is 216 Å². The standard InChI is InChI=1S/C48H82O4/c1-9-10-11-12-13-14-15-16-17-18-19-20-21-22-23-24-41(51)52-35-44(4)29-30-45(5)31-32-47(7)36(37(45)34-44)33-38(49)42-46(6)27-26-40(50)43(2,3)39(46)25-28-48(42,47)8/h33,37,39-40,42,50H,9-32,34-35H2,1-8H3/t37-,39?,40+,42?,44+,45-,46+,47-,48-/m1/s1. The molecule has 0 bridgehead atoms. The molecule has 5 rings (SSSR count). The molecule has 2 unspecified atom stereocenters. The summed E-state index contributed by atoms with van der Waals surface area (Å²) in [5.41, 5.74) is 1.24. The molecule has 0 aliphatic heterocycles. The van der Waals surface area contributed by atoms with Crippen LogP contribution in [-0.4, -0.2) is 29.6 Å². The van der Waals surface area contributed by atoms with E-state index >= 15 is 0 Å². The minimum absolute atomic E-state index is 0.00752. The number of allylic oxidation sites excluding steroid dienone is 2. The van der Waals surface area contributed by atoms with E-state index in [1.165, 1.54) is 95.5 Å². The van der Waals surface area contributed by atoms with Crippen LogP contribution in [0, 0.1) is 50.2 Å². The number of hydrogen-bond acceptors (Lipinski definition) is 4. The van der Waals surface area contributed by atoms with Crippen LogP contribution >= 0.6 is 0 Å². The topological polar surface area (TPSA) is 63.6 Å². The molecule has 52 heavy (non-hydrogen) atoms. The lowest BCUT2D eigenvalue weighted by Crippen LogP contribution is -2.66. The molecule has 298 valence electrons. The third kappa shape index (κ3) is 8.33. The normalized spacial score (nSPS) is 39.5. The van der Waals surface area contributed by atoms with Crippen molar-refractivity contribution in [3.8, 4) is 0 Å². The molecule has 5 aliphatic rings. The monoisotopic (exact) mass is 723 g/mol. The predicted molar refractivity (Wildman–Crippen MR) is 216 cm³/mol. The molecule has 5 aliphatic carbocycles. The van der Waals surface area contributed by atoms with E-state index < -0.39 is 0 Å². The summed E-state index contributed by atoms with van der Waals surface area (Å²) < 4.78 is 6.06. The third-order valence-corrected chi connectivity index (χ3v) is 17.2. The van der Waals surface area contributed by atoms with Crippen LogP contribution in [0.5, 0.6) is 0 Å². The molecule has 0 aromatic rings. The van der Waals surface area contributed by atoms with Crippen molar-refractivity contribution >= 4 is 11.8 Å². The number of carbonyl (C=O) groups excluding carboxylic acids is 2. The van der Waals surface area contributed by atoms with E-state index in [9.17, 15) is 14.7 Å². The van der Waals surface area contributed by atoms with Crippen LogP contribution in [-0.2, 0) is 14.3 Å². The van der Waals surface area contributed by atoms with Crippen LogP contribution in [0.4, 0.5) is 0 Å². The van der Waals surface area contributed by atoms with Crippen molar-refractivity contribution in [1.29, 1.82) is 0 Å². The molecule has 0 aromatic heterocycles. The molecule has 4 fully saturated rings. The number of aliphatic hydroxyl groups is 1. The van der Waals surface area contributed by atoms with Crippen molar-refractivity contribution in [2.24, 2.45) is 50.2 Å². The average molecular weight is 723 g/mol. The van der Waals surface area contributed by atoms with E-state index in [2.05, 4.69) is 61.5 Å². The number of rotatable bonds is 18. The van der Waals surface area contributed by atoms with Gasteiger partial charge in [0.15, 0.2) is 5.78 Å². The second-order valence-electron chi connectivity index (χ2n) is 21.2. The van der Waals surface area contributed by atoms with Crippen LogP contribution in [0.15, 0.2) is 11.6 Å². The number of ether oxygens (including phenoxy) is 1. The molecule has 0 saturated heterocycles. The summed E-state index contributed by atoms with van der Waals surface area (Å²) in [6, 6.07) is 0. The molecule has 4 heteroatoms. The van der Waals surface area contributed by atoms with Crippen molar-refractivity contribution in [3.05, 3.63) is 11.6 Å². The molecule has 9 atom stereocenters. The summed E-state index contributed by atoms with van der Waals surface area (Å²) in [5.74, 6) is 1.07. The number of hydrogen-bond donors (Lipinski definition) is 1. The Morgan fingerprint density at radius 3 is 1.88 bits per heavy atom. The van der Waals surface area contributed by atoms with Gasteiger partial charge in [0, 0.05) is 17.8 Å². The second kappa shape index (κ2) is 16.9. The van der Waals surface area contributed by atoms with Crippen LogP contribution < -0.4 is 0 Å². The minimum Gasteiger partial charge on any atom is -0.465 e. The van der Waals surface area contributed by atoms with E-state index in [0.717, 1.165) is 64.2 Å². The summed E-state index contributed by atoms with van der Waals surface area (Å²) in [4.78, 5) is 27.6. The number of carbonyl (C=O) groups is 2. The van der Waals surface area contributed by atoms with E-state index in [4.69, 9.17) is 4.74 Å². The Bertz CT molecular complexity index is 1250. The fourth-order valence-electron chi connectivity index (χ4n) is 13.3. The molecule has 4 nitrogen and oxygen atoms in total. The third-order valence-electron chi connectivity index (χ3n) is 17.2. The smallest absolute Gasteiger partial charge is 0.305 e. The Labute approximate surface area is 320 Å². The van der Waals surface area contributed by atoms with Crippen LogP contribution in [0.3, 0.4) is 0 Å². The van der Waals surface area contributed by atoms with Gasteiger partial charge in [-0.1, -0.05) is 151 Å². The van der Waals surface area contributed by atoms with Gasteiger partial charge in [-0.3, -0.25) is 9.59 Å². The zero-order chi connectivity index (χ0) is 37.8. The lowest BCUT2D eigenvalue weighted by molar-refractivity contribution is -0.202. The van der Waals surface area contributed by atoms with Crippen molar-refractivity contribution in [3.63, 3.8) is 0 Å². The number of fused-ring (bicyclic) bond motifs is 7. The van der Waals surface area contributed by atoms with Crippen LogP contribution in [0.25, 0.3) is 0 Å². The summed E-state index contributed by atoms with van der Waals surface area (Å²) in [6.45, 7) is 19.5. The summed E-state index contributed by atoms with van der Waals surface area (Å²) in [7, 11) is 0. The van der Waals surface area contributed by atoms with E-state index in [1.54, 1.807) is 0 Å². The predicted octanol–water partition coefficient (Wildman–Crippen LogP) is 13.1. The molecule has 0 amide bonds. The van der Waals surface area contributed by atoms with Crippen LogP contribution in [0.2, 0.25) is 0 Å². The van der Waals surface area contributed by atoms with Gasteiger partial charge in [0.2, 0.25) is 0 Å². The highest BCUT2D eigenvalue weighted by Crippen LogP contribution is 2.75. The molecular weight excluding hydrogens is 641 g/mol. The number of unbranched alkanes of at least 4 members (excludes halogenated alkanes) is 14. The summed E-state index contributed by atoms with van der Waals surface area (Å²) in [5, 5.41) is 11.0. The van der Waals surface area contributed by atoms with Crippen molar-refractivity contribution in [1.82, 2.24) is 0 Å². The van der Waals surface area contributed by atoms with Gasteiger partial charge < -0.3 is 9.84 Å². The van der Waals surface area contributed by atoms with Crippen molar-refractivity contribution < 1.29 is 19.4 Å². The first-order valence-corrected chi connectivity index (χ1v) is 22.7. The van der Waals surface area contributed by atoms with Crippen molar-refractivity contribution in [2.75, 3.05) is 6.61 Å². The maximum atomic E-state index is 14.6. The quantitative estimate of drug-likeness (QED) is 0.113. The molecule has 0 aromatic carbocycles. The Hall–Kier alpha value is -1.16. The summed E-state index contributed by atoms with van der Waals surface area (Å²) in [6.07, 6.45) is 31.8. The van der Waals surface area contributed by atoms with Gasteiger partial charge in [0.25, 0.3) is 0 Å². The maximum Gasteiger partial charge on any atom is 0.305 e. The molecule has 1 N–H and O–H groups in total. The molecule has 4 saturated carbocycles. The zero-order valence-corrected chi connectivity index (χ0v) is 35.4. The van der Waals surface area contributed by atoms with Gasteiger partial charge in [-0.15, -0.1) is 0 Å². The van der Waals surface area contributed by atoms with Gasteiger partial charge in [0.05, 0.1) is 12.7 Å². The SMILES string of the molecule is CCCCCCCCCCCCCCCCCC(=O)OC[C@@]1(C)CC[C@]2(C)CC[C@]3(C)C(=CC(=O)C4[C@@]5(C)CC[C@H](O)C(C)(C)C5CC[C@]43C)[C@H]2C1. The highest BCUT2D eigenvalue weighted by Gasteiger charge is 2.70. The second-order valence-corrected chi connectivity index (χ2v) is 21.2. The fraction of sp³-hybridized carbons (Fsp3) is 0.917. The number of ketones is 1. The lowest BCUT2D eigenvalue weighted by atomic mass is 9.33. The number of esters is 1. The van der Waals surface area contributed by atoms with Gasteiger partial charge in [-0.25, -0.2) is 0 Å². The Morgan fingerprint density at radius 1 is 0.731 bits per heavy atom. The maximum absolute atomic E-state index is 14.6. The Morgan fingerprint density at radius 2 is 1.29 bits per heavy atom. The van der Waals surface area contributed by atoms with E-state index in [1.807, 2.05) is 0 Å². The first kappa shape index (κ1) is 42.0. The van der Waals surface area contributed by atoms with E-state index in [0.29, 0.717) is 30.6 Å².